The molecule has 0 aliphatic carbocycles. The Kier molecular flexibility index (Phi) is 5.32. The lowest BCUT2D eigenvalue weighted by Gasteiger charge is -2.31. The van der Waals surface area contributed by atoms with Crippen molar-refractivity contribution in [3.05, 3.63) is 11.9 Å². The molecule has 1 fully saturated rings. The van der Waals surface area contributed by atoms with Gasteiger partial charge in [0.2, 0.25) is 11.8 Å². The Morgan fingerprint density at radius 1 is 1.48 bits per heavy atom. The fourth-order valence-corrected chi connectivity index (χ4v) is 2.50. The monoisotopic (exact) mass is 293 g/mol. The first-order chi connectivity index (χ1) is 10.1. The van der Waals surface area contributed by atoms with Crippen LogP contribution in [0.15, 0.2) is 6.07 Å². The summed E-state index contributed by atoms with van der Waals surface area (Å²) in [7, 11) is 0. The minimum absolute atomic E-state index is 0.269. The third kappa shape index (κ3) is 4.86. The standard InChI is InChI=1S/C14H23N5O2/c1-3-21-14-8-13(16-10(2)17-14)18-11-4-6-19(7-5-11)9-12(15)20/h8,11H,3-7,9H2,1-2H3,(H2,15,20)(H,16,17,18). The Labute approximate surface area is 124 Å². The second kappa shape index (κ2) is 7.21. The number of nitrogens with one attached hydrogen (secondary N) is 1. The summed E-state index contributed by atoms with van der Waals surface area (Å²) in [5, 5.41) is 3.42. The summed E-state index contributed by atoms with van der Waals surface area (Å²) < 4.78 is 5.43. The molecule has 0 spiro atoms. The number of nitrogens with zero attached hydrogens (tertiary/aromatic N) is 3. The predicted molar refractivity (Wildman–Crippen MR) is 80.2 cm³/mol. The van der Waals surface area contributed by atoms with Crippen molar-refractivity contribution >= 4 is 11.7 Å². The number of hydrogen-bond donors (Lipinski definition) is 2. The van der Waals surface area contributed by atoms with Crippen LogP contribution in [0.25, 0.3) is 0 Å². The SMILES string of the molecule is CCOc1cc(NC2CCN(CC(N)=O)CC2)nc(C)n1. The highest BCUT2D eigenvalue weighted by molar-refractivity contribution is 5.75. The van der Waals surface area contributed by atoms with E-state index in [1.54, 1.807) is 0 Å². The maximum absolute atomic E-state index is 10.9. The quantitative estimate of drug-likeness (QED) is 0.795. The molecular weight excluding hydrogens is 270 g/mol. The molecule has 0 aromatic carbocycles. The van der Waals surface area contributed by atoms with Gasteiger partial charge >= 0.3 is 0 Å². The summed E-state index contributed by atoms with van der Waals surface area (Å²) in [6.07, 6.45) is 1.92. The van der Waals surface area contributed by atoms with Gasteiger partial charge in [-0.05, 0) is 26.7 Å². The van der Waals surface area contributed by atoms with Crippen molar-refractivity contribution in [3.63, 3.8) is 0 Å². The topological polar surface area (TPSA) is 93.4 Å². The molecule has 0 bridgehead atoms. The molecule has 0 saturated carbocycles. The Balaban J connectivity index is 1.89. The molecule has 3 N–H and O–H groups in total. The maximum Gasteiger partial charge on any atom is 0.231 e. The van der Waals surface area contributed by atoms with Gasteiger partial charge in [-0.1, -0.05) is 0 Å². The number of piperidine rings is 1. The van der Waals surface area contributed by atoms with Gasteiger partial charge in [-0.2, -0.15) is 4.98 Å². The molecular formula is C14H23N5O2. The van der Waals surface area contributed by atoms with Crippen molar-refractivity contribution in [1.29, 1.82) is 0 Å². The zero-order valence-corrected chi connectivity index (χ0v) is 12.6. The molecule has 1 aliphatic heterocycles. The minimum Gasteiger partial charge on any atom is -0.478 e. The van der Waals surface area contributed by atoms with Crippen molar-refractivity contribution in [2.75, 3.05) is 31.6 Å². The summed E-state index contributed by atoms with van der Waals surface area (Å²) in [6, 6.07) is 2.17. The minimum atomic E-state index is -0.269. The van der Waals surface area contributed by atoms with Crippen LogP contribution in [-0.4, -0.2) is 53.1 Å². The number of ether oxygens (including phenoxy) is 1. The van der Waals surface area contributed by atoms with Crippen LogP contribution in [0.2, 0.25) is 0 Å². The van der Waals surface area contributed by atoms with Gasteiger partial charge in [-0.3, -0.25) is 9.69 Å². The molecule has 0 atom stereocenters. The number of aromatic nitrogens is 2. The van der Waals surface area contributed by atoms with Crippen molar-refractivity contribution in [2.24, 2.45) is 5.73 Å². The molecule has 0 radical (unpaired) electrons. The number of carbonyl (C=O) groups is 1. The van der Waals surface area contributed by atoms with Crippen molar-refractivity contribution in [3.8, 4) is 5.88 Å². The second-order valence-corrected chi connectivity index (χ2v) is 5.23. The van der Waals surface area contributed by atoms with Gasteiger partial charge in [0.25, 0.3) is 0 Å². The zero-order valence-electron chi connectivity index (χ0n) is 12.6. The molecule has 1 saturated heterocycles. The largest absolute Gasteiger partial charge is 0.478 e. The number of rotatable bonds is 6. The Morgan fingerprint density at radius 3 is 2.81 bits per heavy atom. The zero-order chi connectivity index (χ0) is 15.2. The van der Waals surface area contributed by atoms with Gasteiger partial charge in [0, 0.05) is 25.2 Å². The lowest BCUT2D eigenvalue weighted by Crippen LogP contribution is -2.43. The lowest BCUT2D eigenvalue weighted by molar-refractivity contribution is -0.119. The van der Waals surface area contributed by atoms with Crippen LogP contribution in [0, 0.1) is 6.92 Å². The van der Waals surface area contributed by atoms with Crippen LogP contribution in [0.3, 0.4) is 0 Å². The van der Waals surface area contributed by atoms with Gasteiger partial charge < -0.3 is 15.8 Å². The first-order valence-electron chi connectivity index (χ1n) is 7.32. The molecule has 1 amide bonds. The van der Waals surface area contributed by atoms with Crippen LogP contribution in [0.4, 0.5) is 5.82 Å². The highest BCUT2D eigenvalue weighted by atomic mass is 16.5. The number of carbonyl (C=O) groups excluding carboxylic acids is 1. The number of primary amides is 1. The lowest BCUT2D eigenvalue weighted by atomic mass is 10.1. The molecule has 7 heteroatoms. The van der Waals surface area contributed by atoms with Crippen LogP contribution < -0.4 is 15.8 Å². The number of likely N-dealkylation sites (tertiary alicyclic amines) is 1. The Hall–Kier alpha value is -1.89. The highest BCUT2D eigenvalue weighted by Crippen LogP contribution is 2.18. The van der Waals surface area contributed by atoms with E-state index in [9.17, 15) is 4.79 Å². The predicted octanol–water partition coefficient (Wildman–Crippen LogP) is 0.545. The van der Waals surface area contributed by atoms with E-state index in [0.717, 1.165) is 31.7 Å². The highest BCUT2D eigenvalue weighted by Gasteiger charge is 2.20. The summed E-state index contributed by atoms with van der Waals surface area (Å²) in [5.41, 5.74) is 5.22. The van der Waals surface area contributed by atoms with Gasteiger partial charge in [0.1, 0.15) is 11.6 Å². The van der Waals surface area contributed by atoms with E-state index in [0.29, 0.717) is 30.9 Å². The number of anilines is 1. The van der Waals surface area contributed by atoms with Crippen molar-refractivity contribution in [1.82, 2.24) is 14.9 Å². The summed E-state index contributed by atoms with van der Waals surface area (Å²) >= 11 is 0. The molecule has 1 aliphatic rings. The smallest absolute Gasteiger partial charge is 0.231 e. The molecule has 1 aromatic rings. The van der Waals surface area contributed by atoms with Crippen LogP contribution in [0.1, 0.15) is 25.6 Å². The van der Waals surface area contributed by atoms with E-state index < -0.39 is 0 Å². The van der Waals surface area contributed by atoms with Crippen molar-refractivity contribution in [2.45, 2.75) is 32.7 Å². The second-order valence-electron chi connectivity index (χ2n) is 5.23. The van der Waals surface area contributed by atoms with Crippen LogP contribution in [-0.2, 0) is 4.79 Å². The molecule has 116 valence electrons. The first kappa shape index (κ1) is 15.5. The third-order valence-electron chi connectivity index (χ3n) is 3.43. The average Bonchev–Trinajstić information content (AvgIpc) is 2.40. The van der Waals surface area contributed by atoms with E-state index in [2.05, 4.69) is 20.2 Å². The third-order valence-corrected chi connectivity index (χ3v) is 3.43. The van der Waals surface area contributed by atoms with E-state index >= 15 is 0 Å². The molecule has 0 unspecified atom stereocenters. The van der Waals surface area contributed by atoms with E-state index in [-0.39, 0.29) is 5.91 Å². The number of nitrogens with two attached hydrogens (primary N) is 1. The van der Waals surface area contributed by atoms with Gasteiger partial charge in [0.05, 0.1) is 13.2 Å². The van der Waals surface area contributed by atoms with Gasteiger partial charge in [-0.15, -0.1) is 0 Å². The molecule has 2 heterocycles. The van der Waals surface area contributed by atoms with Crippen LogP contribution in [0.5, 0.6) is 5.88 Å². The van der Waals surface area contributed by atoms with Crippen LogP contribution >= 0.6 is 0 Å². The Morgan fingerprint density at radius 2 is 2.19 bits per heavy atom. The summed E-state index contributed by atoms with van der Waals surface area (Å²) in [6.45, 7) is 6.43. The molecule has 21 heavy (non-hydrogen) atoms. The summed E-state index contributed by atoms with van der Waals surface area (Å²) in [5.74, 6) is 1.81. The Bertz CT molecular complexity index is 486. The van der Waals surface area contributed by atoms with Crippen molar-refractivity contribution < 1.29 is 9.53 Å². The number of hydrogen-bond acceptors (Lipinski definition) is 6. The van der Waals surface area contributed by atoms with E-state index in [1.807, 2.05) is 19.9 Å². The maximum atomic E-state index is 10.9. The molecule has 2 rings (SSSR count). The molecule has 1 aromatic heterocycles. The fraction of sp³-hybridized carbons (Fsp3) is 0.643. The normalized spacial score (nSPS) is 16.7. The van der Waals surface area contributed by atoms with E-state index in [1.165, 1.54) is 0 Å². The molecule has 7 nitrogen and oxygen atoms in total. The number of aryl methyl sites for hydroxylation is 1. The first-order valence-corrected chi connectivity index (χ1v) is 7.32. The fourth-order valence-electron chi connectivity index (χ4n) is 2.50. The van der Waals surface area contributed by atoms with Gasteiger partial charge in [0.15, 0.2) is 0 Å². The number of amides is 1. The van der Waals surface area contributed by atoms with E-state index in [4.69, 9.17) is 10.5 Å². The summed E-state index contributed by atoms with van der Waals surface area (Å²) in [4.78, 5) is 21.6. The van der Waals surface area contributed by atoms with Gasteiger partial charge in [-0.25, -0.2) is 4.98 Å². The average molecular weight is 293 g/mol.